The van der Waals surface area contributed by atoms with Crippen molar-refractivity contribution in [1.29, 1.82) is 0 Å². The number of hydrogen-bond acceptors (Lipinski definition) is 3. The van der Waals surface area contributed by atoms with Gasteiger partial charge in [-0.15, -0.1) is 0 Å². The van der Waals surface area contributed by atoms with Crippen molar-refractivity contribution < 1.29 is 23.4 Å². The average Bonchev–Trinajstić information content (AvgIpc) is 2.08. The lowest BCUT2D eigenvalue weighted by Crippen LogP contribution is -2.30. The van der Waals surface area contributed by atoms with Crippen molar-refractivity contribution in [1.82, 2.24) is 5.32 Å². The topological polar surface area (TPSA) is 52.5 Å². The highest BCUT2D eigenvalue weighted by Gasteiger charge is 2.25. The van der Waals surface area contributed by atoms with Gasteiger partial charge in [0.2, 0.25) is 0 Å². The van der Waals surface area contributed by atoms with Gasteiger partial charge in [-0.05, 0) is 19.4 Å². The summed E-state index contributed by atoms with van der Waals surface area (Å²) in [4.78, 5) is 0. The Hall–Kier alpha value is -0.330. The molecule has 1 atom stereocenters. The smallest absolute Gasteiger partial charge is 0.389 e. The summed E-state index contributed by atoms with van der Waals surface area (Å²) in [6.45, 7) is 0.297. The first-order valence-electron chi connectivity index (χ1n) is 4.52. The molecule has 0 amide bonds. The summed E-state index contributed by atoms with van der Waals surface area (Å²) in [6, 6.07) is 0. The van der Waals surface area contributed by atoms with Gasteiger partial charge in [0.25, 0.3) is 0 Å². The van der Waals surface area contributed by atoms with Crippen molar-refractivity contribution >= 4 is 0 Å². The van der Waals surface area contributed by atoms with Crippen LogP contribution in [0.15, 0.2) is 0 Å². The van der Waals surface area contributed by atoms with Crippen LogP contribution in [0.5, 0.6) is 0 Å². The van der Waals surface area contributed by atoms with E-state index in [1.807, 2.05) is 0 Å². The van der Waals surface area contributed by atoms with Crippen molar-refractivity contribution in [2.75, 3.05) is 19.7 Å². The highest BCUT2D eigenvalue weighted by Crippen LogP contribution is 2.21. The molecule has 1 unspecified atom stereocenters. The summed E-state index contributed by atoms with van der Waals surface area (Å²) in [5.74, 6) is 0. The van der Waals surface area contributed by atoms with E-state index in [1.54, 1.807) is 0 Å². The van der Waals surface area contributed by atoms with E-state index in [0.29, 0.717) is 13.0 Å². The molecule has 14 heavy (non-hydrogen) atoms. The molecule has 0 saturated carbocycles. The monoisotopic (exact) mass is 215 g/mol. The lowest BCUT2D eigenvalue weighted by molar-refractivity contribution is -0.135. The van der Waals surface area contributed by atoms with E-state index in [4.69, 9.17) is 10.2 Å². The standard InChI is InChI=1S/C8H16F3NO2/c9-8(10,11)3-1-2-4-12-5-7(14)6-13/h7,12-14H,1-6H2. The van der Waals surface area contributed by atoms with Gasteiger partial charge in [0.15, 0.2) is 0 Å². The molecule has 0 radical (unpaired) electrons. The molecule has 0 rings (SSSR count). The predicted octanol–water partition coefficient (Wildman–Crippen LogP) is 0.662. The van der Waals surface area contributed by atoms with Crippen LogP contribution in [0.2, 0.25) is 0 Å². The second kappa shape index (κ2) is 7.03. The normalized spacial score (nSPS) is 14.4. The number of aliphatic hydroxyl groups is 2. The van der Waals surface area contributed by atoms with Crippen molar-refractivity contribution in [3.63, 3.8) is 0 Å². The van der Waals surface area contributed by atoms with E-state index in [2.05, 4.69) is 5.32 Å². The minimum absolute atomic E-state index is 0.0890. The van der Waals surface area contributed by atoms with Crippen LogP contribution in [0.3, 0.4) is 0 Å². The quantitative estimate of drug-likeness (QED) is 0.547. The minimum Gasteiger partial charge on any atom is -0.394 e. The Bertz CT molecular complexity index is 141. The maximum absolute atomic E-state index is 11.7. The molecular formula is C8H16F3NO2. The third-order valence-corrected chi connectivity index (χ3v) is 1.65. The van der Waals surface area contributed by atoms with Gasteiger partial charge in [-0.1, -0.05) is 0 Å². The molecule has 3 nitrogen and oxygen atoms in total. The van der Waals surface area contributed by atoms with Crippen LogP contribution in [-0.4, -0.2) is 42.2 Å². The first-order valence-corrected chi connectivity index (χ1v) is 4.52. The molecule has 0 aromatic heterocycles. The average molecular weight is 215 g/mol. The van der Waals surface area contributed by atoms with E-state index in [1.165, 1.54) is 0 Å². The van der Waals surface area contributed by atoms with Crippen LogP contribution in [0, 0.1) is 0 Å². The van der Waals surface area contributed by atoms with Gasteiger partial charge < -0.3 is 15.5 Å². The van der Waals surface area contributed by atoms with Gasteiger partial charge in [0.1, 0.15) is 0 Å². The van der Waals surface area contributed by atoms with E-state index in [-0.39, 0.29) is 19.6 Å². The molecule has 0 saturated heterocycles. The molecule has 6 heteroatoms. The predicted molar refractivity (Wildman–Crippen MR) is 45.9 cm³/mol. The highest BCUT2D eigenvalue weighted by molar-refractivity contribution is 4.58. The maximum Gasteiger partial charge on any atom is 0.389 e. The summed E-state index contributed by atoms with van der Waals surface area (Å²) in [6.07, 6.45) is -5.18. The van der Waals surface area contributed by atoms with Crippen LogP contribution in [0.1, 0.15) is 19.3 Å². The number of hydrogen-bond donors (Lipinski definition) is 3. The fourth-order valence-corrected chi connectivity index (χ4v) is 0.909. The zero-order valence-electron chi connectivity index (χ0n) is 7.85. The zero-order valence-corrected chi connectivity index (χ0v) is 7.85. The fraction of sp³-hybridized carbons (Fsp3) is 1.00. The Morgan fingerprint density at radius 1 is 1.21 bits per heavy atom. The van der Waals surface area contributed by atoms with Crippen LogP contribution in [0.4, 0.5) is 13.2 Å². The van der Waals surface area contributed by atoms with E-state index < -0.39 is 18.7 Å². The van der Waals surface area contributed by atoms with Crippen LogP contribution in [-0.2, 0) is 0 Å². The Morgan fingerprint density at radius 3 is 2.36 bits per heavy atom. The second-order valence-electron chi connectivity index (χ2n) is 3.11. The van der Waals surface area contributed by atoms with Gasteiger partial charge in [-0.2, -0.15) is 13.2 Å². The van der Waals surface area contributed by atoms with Gasteiger partial charge >= 0.3 is 6.18 Å². The van der Waals surface area contributed by atoms with Gasteiger partial charge in [0.05, 0.1) is 12.7 Å². The first kappa shape index (κ1) is 13.7. The highest BCUT2D eigenvalue weighted by atomic mass is 19.4. The summed E-state index contributed by atoms with van der Waals surface area (Å²) in [7, 11) is 0. The summed E-state index contributed by atoms with van der Waals surface area (Å²) in [5.41, 5.74) is 0. The van der Waals surface area contributed by atoms with Crippen molar-refractivity contribution in [3.8, 4) is 0 Å². The molecule has 0 heterocycles. The molecule has 0 aliphatic carbocycles. The number of rotatable bonds is 7. The second-order valence-corrected chi connectivity index (χ2v) is 3.11. The lowest BCUT2D eigenvalue weighted by Gasteiger charge is -2.09. The van der Waals surface area contributed by atoms with Crippen molar-refractivity contribution in [2.45, 2.75) is 31.5 Å². The fourth-order valence-electron chi connectivity index (χ4n) is 0.909. The SMILES string of the molecule is OCC(O)CNCCCCC(F)(F)F. The van der Waals surface area contributed by atoms with Crippen LogP contribution >= 0.6 is 0 Å². The minimum atomic E-state index is -4.08. The molecule has 0 aromatic carbocycles. The van der Waals surface area contributed by atoms with Gasteiger partial charge in [-0.3, -0.25) is 0 Å². The van der Waals surface area contributed by atoms with E-state index >= 15 is 0 Å². The Labute approximate surface area is 80.9 Å². The Morgan fingerprint density at radius 2 is 1.86 bits per heavy atom. The Balaban J connectivity index is 3.14. The largest absolute Gasteiger partial charge is 0.394 e. The Kier molecular flexibility index (Phi) is 6.86. The molecule has 86 valence electrons. The van der Waals surface area contributed by atoms with Gasteiger partial charge in [-0.25, -0.2) is 0 Å². The molecule has 0 aliphatic heterocycles. The number of unbranched alkanes of at least 4 members (excludes halogenated alkanes) is 1. The molecule has 0 aliphatic rings. The molecule has 0 spiro atoms. The number of alkyl halides is 3. The zero-order chi connectivity index (χ0) is 11.0. The summed E-state index contributed by atoms with van der Waals surface area (Å²) < 4.78 is 35.0. The molecule has 0 bridgehead atoms. The molecule has 0 fully saturated rings. The maximum atomic E-state index is 11.7. The van der Waals surface area contributed by atoms with Gasteiger partial charge in [0, 0.05) is 13.0 Å². The van der Waals surface area contributed by atoms with Crippen molar-refractivity contribution in [3.05, 3.63) is 0 Å². The number of halogens is 3. The number of aliphatic hydroxyl groups excluding tert-OH is 2. The van der Waals surface area contributed by atoms with Crippen molar-refractivity contribution in [2.24, 2.45) is 0 Å². The third kappa shape index (κ3) is 9.76. The molecular weight excluding hydrogens is 199 g/mol. The van der Waals surface area contributed by atoms with Crippen LogP contribution in [0.25, 0.3) is 0 Å². The third-order valence-electron chi connectivity index (χ3n) is 1.65. The summed E-state index contributed by atoms with van der Waals surface area (Å²) in [5, 5.41) is 20.0. The molecule has 3 N–H and O–H groups in total. The number of nitrogens with one attached hydrogen (secondary N) is 1. The van der Waals surface area contributed by atoms with E-state index in [0.717, 1.165) is 0 Å². The molecule has 0 aromatic rings. The van der Waals surface area contributed by atoms with Crippen LogP contribution < -0.4 is 5.32 Å². The van der Waals surface area contributed by atoms with E-state index in [9.17, 15) is 13.2 Å². The summed E-state index contributed by atoms with van der Waals surface area (Å²) >= 11 is 0. The first-order chi connectivity index (χ1) is 6.45. The lowest BCUT2D eigenvalue weighted by atomic mass is 10.2.